The van der Waals surface area contributed by atoms with Crippen LogP contribution in [-0.4, -0.2) is 32.9 Å². The third-order valence-corrected chi connectivity index (χ3v) is 7.47. The predicted molar refractivity (Wildman–Crippen MR) is 71.9 cm³/mol. The summed E-state index contributed by atoms with van der Waals surface area (Å²) < 4.78 is 0. The highest BCUT2D eigenvalue weighted by atomic mass is 28.3. The van der Waals surface area contributed by atoms with Crippen LogP contribution >= 0.6 is 0 Å². The Balaban J connectivity index is 3.06. The summed E-state index contributed by atoms with van der Waals surface area (Å²) in [5.41, 5.74) is 8.44. The summed E-state index contributed by atoms with van der Waals surface area (Å²) in [5, 5.41) is 2.80. The van der Waals surface area contributed by atoms with Gasteiger partial charge in [0.05, 0.1) is 22.1 Å². The van der Waals surface area contributed by atoms with Gasteiger partial charge in [-0.25, -0.2) is 0 Å². The normalized spacial score (nSPS) is 17.1. The van der Waals surface area contributed by atoms with Crippen molar-refractivity contribution in [2.75, 3.05) is 0 Å². The Hall–Kier alpha value is -0.776. The minimum absolute atomic E-state index is 0.0192. The van der Waals surface area contributed by atoms with Crippen molar-refractivity contribution in [3.05, 3.63) is 15.9 Å². The summed E-state index contributed by atoms with van der Waals surface area (Å²) in [6, 6.07) is 0. The molecular formula is C11H20N2OSi2. The third kappa shape index (κ3) is 2.48. The molecule has 88 valence electrons. The van der Waals surface area contributed by atoms with Crippen molar-refractivity contribution in [2.24, 2.45) is 5.92 Å². The zero-order chi connectivity index (χ0) is 12.7. The first kappa shape index (κ1) is 13.3. The second-order valence-electron chi connectivity index (χ2n) is 6.41. The number of hydrogen-bond donors (Lipinski definition) is 0. The smallest absolute Gasteiger partial charge is 0.324 e. The quantitative estimate of drug-likeness (QED) is 0.328. The predicted octanol–water partition coefficient (Wildman–Crippen LogP) is 2.54. The lowest BCUT2D eigenvalue weighted by Gasteiger charge is -2.12. The zero-order valence-corrected chi connectivity index (χ0v) is 13.0. The van der Waals surface area contributed by atoms with Crippen LogP contribution in [0.25, 0.3) is 5.53 Å². The Bertz CT molecular complexity index is 383. The van der Waals surface area contributed by atoms with Gasteiger partial charge in [-0.15, -0.1) is 0 Å². The van der Waals surface area contributed by atoms with E-state index in [1.54, 1.807) is 0 Å². The Morgan fingerprint density at radius 2 is 1.50 bits per heavy atom. The van der Waals surface area contributed by atoms with Gasteiger partial charge in [-0.2, -0.15) is 4.79 Å². The van der Waals surface area contributed by atoms with E-state index in [0.29, 0.717) is 0 Å². The van der Waals surface area contributed by atoms with Crippen LogP contribution in [-0.2, 0) is 4.79 Å². The van der Waals surface area contributed by atoms with Crippen molar-refractivity contribution in [1.29, 1.82) is 0 Å². The molecular weight excluding hydrogens is 232 g/mol. The summed E-state index contributed by atoms with van der Waals surface area (Å²) >= 11 is 0. The van der Waals surface area contributed by atoms with Gasteiger partial charge in [-0.05, 0) is 0 Å². The van der Waals surface area contributed by atoms with Crippen LogP contribution in [0.2, 0.25) is 39.3 Å². The van der Waals surface area contributed by atoms with Crippen LogP contribution in [0.15, 0.2) is 10.4 Å². The molecule has 0 radical (unpaired) electrons. The number of Topliss-reactive ketones (excluding diaryl/α,β-unsaturated/α-hetero) is 1. The van der Waals surface area contributed by atoms with Gasteiger partial charge in [0.25, 0.3) is 0 Å². The Kier molecular flexibility index (Phi) is 3.25. The van der Waals surface area contributed by atoms with Crippen LogP contribution < -0.4 is 0 Å². The molecule has 0 bridgehead atoms. The molecule has 1 rings (SSSR count). The van der Waals surface area contributed by atoms with E-state index in [9.17, 15) is 4.79 Å². The lowest BCUT2D eigenvalue weighted by Crippen LogP contribution is -2.23. The highest BCUT2D eigenvalue weighted by Crippen LogP contribution is 2.50. The number of carbonyl (C=O) groups is 1. The highest BCUT2D eigenvalue weighted by Gasteiger charge is 2.52. The minimum atomic E-state index is -1.40. The van der Waals surface area contributed by atoms with E-state index in [1.807, 2.05) is 0 Å². The zero-order valence-electron chi connectivity index (χ0n) is 11.0. The summed E-state index contributed by atoms with van der Waals surface area (Å²) in [4.78, 5) is 14.7. The maximum atomic E-state index is 11.8. The SMILES string of the molecule is C[Si](C)(C)C1=C([Si](C)(C)C)C1C(=O)C=[N+]=[N-]. The largest absolute Gasteiger partial charge is 0.361 e. The fourth-order valence-electron chi connectivity index (χ4n) is 2.31. The molecule has 3 nitrogen and oxygen atoms in total. The molecule has 0 aromatic carbocycles. The van der Waals surface area contributed by atoms with Gasteiger partial charge in [0.1, 0.15) is 0 Å². The molecule has 0 aromatic rings. The van der Waals surface area contributed by atoms with Gasteiger partial charge < -0.3 is 5.53 Å². The van der Waals surface area contributed by atoms with Crippen LogP contribution in [0.5, 0.6) is 0 Å². The maximum Gasteiger partial charge on any atom is 0.324 e. The molecule has 0 aromatic heterocycles. The van der Waals surface area contributed by atoms with E-state index >= 15 is 0 Å². The molecule has 0 atom stereocenters. The highest BCUT2D eigenvalue weighted by molar-refractivity contribution is 6.93. The van der Waals surface area contributed by atoms with E-state index in [2.05, 4.69) is 44.1 Å². The van der Waals surface area contributed by atoms with E-state index in [4.69, 9.17) is 5.53 Å². The van der Waals surface area contributed by atoms with Gasteiger partial charge in [0.2, 0.25) is 5.78 Å². The van der Waals surface area contributed by atoms with E-state index in [1.165, 1.54) is 10.4 Å². The van der Waals surface area contributed by atoms with Crippen molar-refractivity contribution < 1.29 is 9.58 Å². The molecule has 0 aliphatic heterocycles. The third-order valence-electron chi connectivity index (χ3n) is 2.87. The first-order valence-corrected chi connectivity index (χ1v) is 12.6. The molecule has 16 heavy (non-hydrogen) atoms. The van der Waals surface area contributed by atoms with Gasteiger partial charge in [0.15, 0.2) is 0 Å². The van der Waals surface area contributed by atoms with Gasteiger partial charge in [0, 0.05) is 0 Å². The topological polar surface area (TPSA) is 53.5 Å². The minimum Gasteiger partial charge on any atom is -0.361 e. The second-order valence-corrected chi connectivity index (χ2v) is 16.5. The molecule has 0 fully saturated rings. The summed E-state index contributed by atoms with van der Waals surface area (Å²) in [6.45, 7) is 13.6. The lowest BCUT2D eigenvalue weighted by molar-refractivity contribution is -0.116. The van der Waals surface area contributed by atoms with Crippen molar-refractivity contribution in [1.82, 2.24) is 0 Å². The standard InChI is InChI=1S/C11H20N2OSi2/c1-15(2,3)10-9(8(14)7-13-12)11(10)16(4,5)6/h7,9H,1-6H3. The van der Waals surface area contributed by atoms with Gasteiger partial charge in [-0.1, -0.05) is 49.7 Å². The first-order chi connectivity index (χ1) is 7.10. The Morgan fingerprint density at radius 1 is 1.12 bits per heavy atom. The Labute approximate surface area is 99.2 Å². The van der Waals surface area contributed by atoms with Gasteiger partial charge >= 0.3 is 6.21 Å². The number of hydrogen-bond acceptors (Lipinski definition) is 1. The molecule has 0 N–H and O–H groups in total. The van der Waals surface area contributed by atoms with E-state index in [-0.39, 0.29) is 11.7 Å². The molecule has 0 saturated carbocycles. The number of carbonyl (C=O) groups excluding carboxylic acids is 1. The average molecular weight is 252 g/mol. The maximum absolute atomic E-state index is 11.8. The summed E-state index contributed by atoms with van der Waals surface area (Å²) in [6.07, 6.45) is 1.05. The molecule has 1 aliphatic carbocycles. The lowest BCUT2D eigenvalue weighted by atomic mass is 10.2. The Morgan fingerprint density at radius 3 is 1.75 bits per heavy atom. The second kappa shape index (κ2) is 3.91. The van der Waals surface area contributed by atoms with E-state index in [0.717, 1.165) is 6.21 Å². The molecule has 0 saturated heterocycles. The summed E-state index contributed by atoms with van der Waals surface area (Å²) in [7, 11) is -2.80. The molecule has 5 heteroatoms. The molecule has 1 aliphatic rings. The summed E-state index contributed by atoms with van der Waals surface area (Å²) in [5.74, 6) is -0.0633. The average Bonchev–Trinajstić information content (AvgIpc) is 2.75. The fourth-order valence-corrected chi connectivity index (χ4v) is 8.77. The van der Waals surface area contributed by atoms with Crippen molar-refractivity contribution in [3.63, 3.8) is 0 Å². The van der Waals surface area contributed by atoms with Crippen LogP contribution in [0, 0.1) is 5.92 Å². The van der Waals surface area contributed by atoms with Crippen molar-refractivity contribution >= 4 is 28.1 Å². The fraction of sp³-hybridized carbons (Fsp3) is 0.636. The number of allylic oxidation sites excluding steroid dienone is 2. The van der Waals surface area contributed by atoms with Crippen molar-refractivity contribution in [3.8, 4) is 0 Å². The monoisotopic (exact) mass is 252 g/mol. The molecule has 0 amide bonds. The van der Waals surface area contributed by atoms with Crippen LogP contribution in [0.3, 0.4) is 0 Å². The first-order valence-electron chi connectivity index (χ1n) is 5.57. The van der Waals surface area contributed by atoms with Crippen LogP contribution in [0.1, 0.15) is 0 Å². The number of rotatable bonds is 4. The molecule has 0 unspecified atom stereocenters. The van der Waals surface area contributed by atoms with Crippen LogP contribution in [0.4, 0.5) is 0 Å². The number of ketones is 1. The molecule has 0 spiro atoms. The van der Waals surface area contributed by atoms with Gasteiger partial charge in [-0.3, -0.25) is 4.79 Å². The molecule has 0 heterocycles. The van der Waals surface area contributed by atoms with Crippen molar-refractivity contribution in [2.45, 2.75) is 39.3 Å². The number of nitrogens with zero attached hydrogens (tertiary/aromatic N) is 2. The van der Waals surface area contributed by atoms with E-state index < -0.39 is 16.1 Å².